The highest BCUT2D eigenvalue weighted by molar-refractivity contribution is 4.55. The highest BCUT2D eigenvalue weighted by Gasteiger charge is 1.93. The number of rotatable bonds is 0. The molecule has 1 nitrogen and oxygen atoms in total. The van der Waals surface area contributed by atoms with Crippen LogP contribution in [0.1, 0.15) is 33.1 Å². The smallest absolute Gasteiger partial charge is 0.00489 e. The Kier molecular flexibility index (Phi) is 6.93. The molecule has 1 aliphatic rings. The van der Waals surface area contributed by atoms with Crippen LogP contribution in [0.25, 0.3) is 0 Å². The molecule has 1 heteroatoms. The third-order valence-corrected chi connectivity index (χ3v) is 1.21. The fraction of sp³-hybridized carbons (Fsp3) is 1.00. The van der Waals surface area contributed by atoms with E-state index in [1.165, 1.54) is 32.4 Å². The number of nitrogens with one attached hydrogen (secondary N) is 1. The summed E-state index contributed by atoms with van der Waals surface area (Å²) in [5.74, 6) is 0. The van der Waals surface area contributed by atoms with Gasteiger partial charge in [0.2, 0.25) is 0 Å². The molecule has 0 aromatic rings. The van der Waals surface area contributed by atoms with Crippen LogP contribution >= 0.6 is 0 Å². The molecule has 0 spiro atoms. The summed E-state index contributed by atoms with van der Waals surface area (Å²) >= 11 is 0. The standard InChI is InChI=1S/C5H11N.C2H6/c1-2-4-6-5-3-1;1-2/h6H,1-5H2;1-2H3. The average Bonchev–Trinajstić information content (AvgIpc) is 1.96. The van der Waals surface area contributed by atoms with E-state index in [1.807, 2.05) is 13.8 Å². The van der Waals surface area contributed by atoms with Gasteiger partial charge in [0, 0.05) is 0 Å². The maximum absolute atomic E-state index is 3.28. The summed E-state index contributed by atoms with van der Waals surface area (Å²) in [6, 6.07) is 0. The summed E-state index contributed by atoms with van der Waals surface area (Å²) in [6.07, 6.45) is 4.22. The molecule has 1 heterocycles. The second-order valence-electron chi connectivity index (χ2n) is 1.81. The minimum Gasteiger partial charge on any atom is -0.317 e. The molecule has 8 heavy (non-hydrogen) atoms. The van der Waals surface area contributed by atoms with Crippen LogP contribution in [-0.4, -0.2) is 13.1 Å². The third kappa shape index (κ3) is 4.13. The van der Waals surface area contributed by atoms with E-state index >= 15 is 0 Å². The lowest BCUT2D eigenvalue weighted by molar-refractivity contribution is 0.520. The number of piperidine rings is 1. The molecule has 0 aliphatic carbocycles. The van der Waals surface area contributed by atoms with Crippen LogP contribution in [0.3, 0.4) is 0 Å². The van der Waals surface area contributed by atoms with E-state index in [4.69, 9.17) is 0 Å². The Bertz CT molecular complexity index is 19.9. The van der Waals surface area contributed by atoms with Crippen molar-refractivity contribution in [1.29, 1.82) is 0 Å². The molecule has 0 atom stereocenters. The molecule has 0 saturated carbocycles. The zero-order chi connectivity index (χ0) is 6.24. The molecule has 1 N–H and O–H groups in total. The highest BCUT2D eigenvalue weighted by atomic mass is 14.9. The van der Waals surface area contributed by atoms with Crippen LogP contribution in [-0.2, 0) is 0 Å². The summed E-state index contributed by atoms with van der Waals surface area (Å²) in [5, 5.41) is 3.28. The normalized spacial score (nSPS) is 18.8. The lowest BCUT2D eigenvalue weighted by Gasteiger charge is -2.08. The molecule has 1 fully saturated rings. The van der Waals surface area contributed by atoms with Crippen LogP contribution < -0.4 is 5.32 Å². The minimum absolute atomic E-state index is 1.25. The van der Waals surface area contributed by atoms with Crippen molar-refractivity contribution in [1.82, 2.24) is 5.32 Å². The summed E-state index contributed by atoms with van der Waals surface area (Å²) < 4.78 is 0. The molecule has 0 aromatic heterocycles. The van der Waals surface area contributed by atoms with Crippen molar-refractivity contribution in [2.45, 2.75) is 33.1 Å². The van der Waals surface area contributed by atoms with Crippen molar-refractivity contribution in [3.8, 4) is 0 Å². The molecule has 0 aromatic carbocycles. The Labute approximate surface area is 52.5 Å². The maximum Gasteiger partial charge on any atom is -0.00489 e. The summed E-state index contributed by atoms with van der Waals surface area (Å²) in [4.78, 5) is 0. The molecule has 0 radical (unpaired) electrons. The summed E-state index contributed by atoms with van der Waals surface area (Å²) in [6.45, 7) is 6.50. The topological polar surface area (TPSA) is 12.0 Å². The first-order chi connectivity index (χ1) is 4.00. The van der Waals surface area contributed by atoms with Gasteiger partial charge < -0.3 is 5.32 Å². The first-order valence-electron chi connectivity index (χ1n) is 3.71. The van der Waals surface area contributed by atoms with E-state index in [0.29, 0.717) is 0 Å². The average molecular weight is 115 g/mol. The summed E-state index contributed by atoms with van der Waals surface area (Å²) in [5.41, 5.74) is 0. The molecule has 0 bridgehead atoms. The van der Waals surface area contributed by atoms with E-state index in [9.17, 15) is 0 Å². The Hall–Kier alpha value is -0.0400. The highest BCUT2D eigenvalue weighted by Crippen LogP contribution is 1.96. The fourth-order valence-corrected chi connectivity index (χ4v) is 0.802. The molecular weight excluding hydrogens is 98.1 g/mol. The Balaban J connectivity index is 0.000000222. The van der Waals surface area contributed by atoms with Gasteiger partial charge in [-0.1, -0.05) is 20.3 Å². The summed E-state index contributed by atoms with van der Waals surface area (Å²) in [7, 11) is 0. The maximum atomic E-state index is 3.28. The van der Waals surface area contributed by atoms with Gasteiger partial charge in [-0.2, -0.15) is 0 Å². The quantitative estimate of drug-likeness (QED) is 0.507. The molecule has 0 amide bonds. The second-order valence-corrected chi connectivity index (χ2v) is 1.81. The van der Waals surface area contributed by atoms with Crippen molar-refractivity contribution < 1.29 is 0 Å². The van der Waals surface area contributed by atoms with Gasteiger partial charge in [-0.25, -0.2) is 0 Å². The lowest BCUT2D eigenvalue weighted by atomic mass is 10.2. The van der Waals surface area contributed by atoms with Crippen molar-refractivity contribution in [2.75, 3.05) is 13.1 Å². The monoisotopic (exact) mass is 115 g/mol. The van der Waals surface area contributed by atoms with E-state index < -0.39 is 0 Å². The first-order valence-corrected chi connectivity index (χ1v) is 3.71. The Morgan fingerprint density at radius 3 is 1.50 bits per heavy atom. The molecule has 1 saturated heterocycles. The third-order valence-electron chi connectivity index (χ3n) is 1.21. The van der Waals surface area contributed by atoms with Crippen LogP contribution in [0, 0.1) is 0 Å². The van der Waals surface area contributed by atoms with Gasteiger partial charge in [-0.05, 0) is 25.9 Å². The van der Waals surface area contributed by atoms with Gasteiger partial charge in [0.15, 0.2) is 0 Å². The fourth-order valence-electron chi connectivity index (χ4n) is 0.802. The van der Waals surface area contributed by atoms with Crippen LogP contribution in [0.4, 0.5) is 0 Å². The first kappa shape index (κ1) is 7.96. The van der Waals surface area contributed by atoms with E-state index in [0.717, 1.165) is 0 Å². The van der Waals surface area contributed by atoms with Gasteiger partial charge >= 0.3 is 0 Å². The van der Waals surface area contributed by atoms with E-state index in [1.54, 1.807) is 0 Å². The molecular formula is C7H17N. The van der Waals surface area contributed by atoms with Crippen molar-refractivity contribution in [3.05, 3.63) is 0 Å². The predicted molar refractivity (Wildman–Crippen MR) is 38.1 cm³/mol. The predicted octanol–water partition coefficient (Wildman–Crippen LogP) is 1.79. The molecule has 0 unspecified atom stereocenters. The largest absolute Gasteiger partial charge is 0.317 e. The zero-order valence-corrected chi connectivity index (χ0v) is 6.04. The molecule has 1 rings (SSSR count). The van der Waals surface area contributed by atoms with Gasteiger partial charge in [0.05, 0.1) is 0 Å². The van der Waals surface area contributed by atoms with Crippen LogP contribution in [0.2, 0.25) is 0 Å². The zero-order valence-electron chi connectivity index (χ0n) is 6.04. The lowest BCUT2D eigenvalue weighted by Crippen LogP contribution is -2.21. The van der Waals surface area contributed by atoms with Crippen LogP contribution in [0.5, 0.6) is 0 Å². The number of hydrogen-bond donors (Lipinski definition) is 1. The van der Waals surface area contributed by atoms with Crippen molar-refractivity contribution in [3.63, 3.8) is 0 Å². The van der Waals surface area contributed by atoms with Gasteiger partial charge in [0.1, 0.15) is 0 Å². The second kappa shape index (κ2) is 6.96. The van der Waals surface area contributed by atoms with E-state index in [-0.39, 0.29) is 0 Å². The van der Waals surface area contributed by atoms with Crippen molar-refractivity contribution in [2.24, 2.45) is 0 Å². The number of hydrogen-bond acceptors (Lipinski definition) is 1. The Morgan fingerprint density at radius 1 is 0.875 bits per heavy atom. The van der Waals surface area contributed by atoms with Crippen LogP contribution in [0.15, 0.2) is 0 Å². The van der Waals surface area contributed by atoms with Gasteiger partial charge in [-0.3, -0.25) is 0 Å². The molecule has 50 valence electrons. The molecule has 1 aliphatic heterocycles. The van der Waals surface area contributed by atoms with Gasteiger partial charge in [-0.15, -0.1) is 0 Å². The Morgan fingerprint density at radius 2 is 1.38 bits per heavy atom. The van der Waals surface area contributed by atoms with Crippen molar-refractivity contribution >= 4 is 0 Å². The van der Waals surface area contributed by atoms with E-state index in [2.05, 4.69) is 5.32 Å². The SMILES string of the molecule is C1CCNCC1.CC. The van der Waals surface area contributed by atoms with Gasteiger partial charge in [0.25, 0.3) is 0 Å². The minimum atomic E-state index is 1.25.